The SMILES string of the molecule is C.C#C.C#CC.C#CC#CC.C#CC#CC#C.C#CC#CC#CC.C#CC#CC#CC#CC.C#CC#CC#CC#CC#C.CC#CC.CC#CC#CC#CC. The summed E-state index contributed by atoms with van der Waals surface area (Å²) in [5, 5.41) is 0. The van der Waals surface area contributed by atoms with Gasteiger partial charge in [-0.05, 0) is 221 Å². The Morgan fingerprint density at radius 2 is 0.327 bits per heavy atom. The molecule has 0 radical (unpaired) electrons. The van der Waals surface area contributed by atoms with Gasteiger partial charge in [0.2, 0.25) is 0 Å². The van der Waals surface area contributed by atoms with E-state index in [1.807, 2.05) is 13.8 Å². The lowest BCUT2D eigenvalue weighted by Gasteiger charge is -1.52. The molecule has 0 heteroatoms. The second-order valence-corrected chi connectivity index (χ2v) is 5.67. The number of hydrogen-bond donors (Lipinski definition) is 0. The van der Waals surface area contributed by atoms with Crippen LogP contribution in [-0.2, 0) is 0 Å². The molecule has 0 saturated carbocycles. The summed E-state index contributed by atoms with van der Waals surface area (Å²) in [7, 11) is 0. The molecule has 0 aliphatic carbocycles. The van der Waals surface area contributed by atoms with Crippen molar-refractivity contribution in [3.63, 3.8) is 0 Å². The molecular weight excluding hydrogens is 661 g/mol. The van der Waals surface area contributed by atoms with Crippen molar-refractivity contribution in [2.75, 3.05) is 0 Å². The van der Waals surface area contributed by atoms with Crippen molar-refractivity contribution in [3.8, 4) is 277 Å². The zero-order valence-electron chi connectivity index (χ0n) is 31.8. The first kappa shape index (κ1) is 71.0. The summed E-state index contributed by atoms with van der Waals surface area (Å²) >= 11 is 0. The van der Waals surface area contributed by atoms with Gasteiger partial charge in [-0.3, -0.25) is 0 Å². The van der Waals surface area contributed by atoms with Crippen molar-refractivity contribution in [2.24, 2.45) is 0 Å². The van der Waals surface area contributed by atoms with Gasteiger partial charge in [0.05, 0.1) is 0 Å². The maximum atomic E-state index is 4.82. The first-order valence-electron chi connectivity index (χ1n) is 13.6. The van der Waals surface area contributed by atoms with Crippen LogP contribution in [0.2, 0.25) is 0 Å². The molecule has 0 aliphatic heterocycles. The van der Waals surface area contributed by atoms with E-state index in [1.165, 1.54) is 0 Å². The van der Waals surface area contributed by atoms with Crippen LogP contribution in [0.4, 0.5) is 0 Å². The highest BCUT2D eigenvalue weighted by Gasteiger charge is 1.53. The molecule has 0 atom stereocenters. The summed E-state index contributed by atoms with van der Waals surface area (Å²) in [6.07, 6.45) is 45.9. The quantitative estimate of drug-likeness (QED) is 0.271. The van der Waals surface area contributed by atoms with Gasteiger partial charge < -0.3 is 0 Å². The van der Waals surface area contributed by atoms with Crippen LogP contribution in [0, 0.1) is 277 Å². The highest BCUT2D eigenvalue weighted by atomic mass is 13.5. The van der Waals surface area contributed by atoms with Gasteiger partial charge in [0.1, 0.15) is 0 Å². The van der Waals surface area contributed by atoms with Crippen molar-refractivity contribution in [3.05, 3.63) is 0 Å². The van der Waals surface area contributed by atoms with Gasteiger partial charge >= 0.3 is 0 Å². The lowest BCUT2D eigenvalue weighted by Crippen LogP contribution is -1.51. The lowest BCUT2D eigenvalue weighted by atomic mass is 10.5. The van der Waals surface area contributed by atoms with Gasteiger partial charge in [-0.2, -0.15) is 0 Å². The third-order valence-corrected chi connectivity index (χ3v) is 2.32. The van der Waals surface area contributed by atoms with Crippen molar-refractivity contribution >= 4 is 0 Å². The molecule has 0 amide bonds. The van der Waals surface area contributed by atoms with E-state index in [0.29, 0.717) is 0 Å². The lowest BCUT2D eigenvalue weighted by molar-refractivity contribution is 1.83. The van der Waals surface area contributed by atoms with Gasteiger partial charge in [0.15, 0.2) is 0 Å². The Morgan fingerprint density at radius 1 is 0.200 bits per heavy atom. The van der Waals surface area contributed by atoms with Crippen LogP contribution < -0.4 is 0 Å². The normalized spacial score (nSPS) is 3.24. The van der Waals surface area contributed by atoms with Gasteiger partial charge in [-0.15, -0.1) is 82.0 Å². The summed E-state index contributed by atoms with van der Waals surface area (Å²) < 4.78 is 0. The molecule has 0 unspecified atom stereocenters. The van der Waals surface area contributed by atoms with Gasteiger partial charge in [0, 0.05) is 0 Å². The minimum Gasteiger partial charge on any atom is -0.124 e. The maximum Gasteiger partial charge on any atom is -0.000000673 e. The van der Waals surface area contributed by atoms with E-state index in [2.05, 4.69) is 232 Å². The topological polar surface area (TPSA) is 0 Å². The Hall–Kier alpha value is -10.1. The minimum atomic E-state index is 0. The molecule has 0 saturated heterocycles. The molecule has 0 aromatic heterocycles. The van der Waals surface area contributed by atoms with Crippen LogP contribution in [0.15, 0.2) is 0 Å². The highest BCUT2D eigenvalue weighted by Crippen LogP contribution is 1.54. The Labute approximate surface area is 338 Å². The fourth-order valence-electron chi connectivity index (χ4n) is 0.851. The molecule has 0 spiro atoms. The Bertz CT molecular complexity index is 2280. The largest absolute Gasteiger partial charge is 0.124 e. The van der Waals surface area contributed by atoms with Crippen molar-refractivity contribution in [1.29, 1.82) is 0 Å². The Balaban J connectivity index is -0.0000000532. The number of terminal acetylenes is 9. The summed E-state index contributed by atoms with van der Waals surface area (Å²) in [5.74, 6) is 86.2. The van der Waals surface area contributed by atoms with Crippen LogP contribution in [0.5, 0.6) is 0 Å². The highest BCUT2D eigenvalue weighted by molar-refractivity contribution is 5.41. The maximum absolute atomic E-state index is 4.82. The van der Waals surface area contributed by atoms with E-state index in [0.717, 1.165) is 0 Å². The van der Waals surface area contributed by atoms with Crippen molar-refractivity contribution < 1.29 is 0 Å². The number of rotatable bonds is 0. The van der Waals surface area contributed by atoms with Crippen molar-refractivity contribution in [1.82, 2.24) is 0 Å². The van der Waals surface area contributed by atoms with Crippen molar-refractivity contribution in [2.45, 2.75) is 62.8 Å². The zero-order chi connectivity index (χ0) is 43.5. The van der Waals surface area contributed by atoms with E-state index in [9.17, 15) is 0 Å². The molecule has 55 heavy (non-hydrogen) atoms. The Kier molecular flexibility index (Phi) is 156. The predicted octanol–water partition coefficient (Wildman–Crippen LogP) is 6.05. The smallest absolute Gasteiger partial charge is 0.000000673 e. The predicted molar refractivity (Wildman–Crippen MR) is 242 cm³/mol. The number of hydrogen-bond acceptors (Lipinski definition) is 0. The van der Waals surface area contributed by atoms with E-state index >= 15 is 0 Å². The first-order chi connectivity index (χ1) is 26.3. The van der Waals surface area contributed by atoms with Crippen LogP contribution >= 0.6 is 0 Å². The zero-order valence-corrected chi connectivity index (χ0v) is 31.8. The minimum absolute atomic E-state index is 0. The Morgan fingerprint density at radius 3 is 0.455 bits per heavy atom. The summed E-state index contributed by atoms with van der Waals surface area (Å²) in [6, 6.07) is 0. The summed E-state index contributed by atoms with van der Waals surface area (Å²) in [4.78, 5) is 0. The fourth-order valence-corrected chi connectivity index (χ4v) is 0.851. The van der Waals surface area contributed by atoms with Gasteiger partial charge in [-0.1, -0.05) is 37.0 Å². The van der Waals surface area contributed by atoms with Gasteiger partial charge in [-0.25, -0.2) is 0 Å². The molecule has 0 aromatic carbocycles. The van der Waals surface area contributed by atoms with E-state index in [4.69, 9.17) is 45.0 Å². The average Bonchev–Trinajstić information content (AvgIpc) is 3.20. The second kappa shape index (κ2) is 120. The van der Waals surface area contributed by atoms with E-state index in [-0.39, 0.29) is 7.43 Å². The molecule has 0 nitrogen and oxygen atoms in total. The monoisotopic (exact) mass is 698 g/mol. The third kappa shape index (κ3) is 241. The molecule has 0 aliphatic rings. The van der Waals surface area contributed by atoms with E-state index < -0.39 is 0 Å². The molecule has 0 heterocycles. The average molecular weight is 699 g/mol. The summed E-state index contributed by atoms with van der Waals surface area (Å²) in [6.45, 7) is 13.9. The fraction of sp³-hybridized carbons (Fsp3) is 0.164. The molecule has 0 fully saturated rings. The molecular formula is C55H38. The standard InChI is InChI=1S/C10H2.C9H4.C8H6.C7H4.C6H2.C5H4.C4H6.C3H4.C2H2.CH4/c1-3-5-7-9-10-8-6-4-2;1-3-5-7-9-8-6-4-2;1-3-5-7-8-6-4-2;1-3-5-7-6-4-2;1-3-5-6-4-2;1-3-5-4-2;1-3-4-2;1-3-2;1-2;/h1-2H;1H,2H3;1-2H3;1H,2H3;1-2H;1H,2H3;1-2H3;1H,2H3;1-2H;1H4. The molecule has 0 rings (SSSR count). The van der Waals surface area contributed by atoms with Crippen LogP contribution in [-0.4, -0.2) is 0 Å². The van der Waals surface area contributed by atoms with Gasteiger partial charge in [0.25, 0.3) is 0 Å². The third-order valence-electron chi connectivity index (χ3n) is 2.32. The van der Waals surface area contributed by atoms with Crippen LogP contribution in [0.25, 0.3) is 0 Å². The molecule has 258 valence electrons. The first-order valence-corrected chi connectivity index (χ1v) is 13.6. The molecule has 0 N–H and O–H groups in total. The molecule has 0 aromatic rings. The summed E-state index contributed by atoms with van der Waals surface area (Å²) in [5.41, 5.74) is 0. The van der Waals surface area contributed by atoms with Crippen LogP contribution in [0.3, 0.4) is 0 Å². The second-order valence-electron chi connectivity index (χ2n) is 5.67. The van der Waals surface area contributed by atoms with Crippen LogP contribution in [0.1, 0.15) is 62.8 Å². The molecule has 0 bridgehead atoms. The van der Waals surface area contributed by atoms with E-state index in [1.54, 1.807) is 41.5 Å².